The Hall–Kier alpha value is -0.750. The van der Waals surface area contributed by atoms with E-state index in [1.165, 1.54) is 18.3 Å². The van der Waals surface area contributed by atoms with Gasteiger partial charge in [0.15, 0.2) is 0 Å². The first-order valence-electron chi connectivity index (χ1n) is 4.43. The molecular formula is C10H9BrF2O2S. The van der Waals surface area contributed by atoms with E-state index in [2.05, 4.69) is 20.7 Å². The molecule has 0 radical (unpaired) electrons. The van der Waals surface area contributed by atoms with Crippen LogP contribution in [0.25, 0.3) is 4.48 Å². The first-order chi connectivity index (χ1) is 7.47. The van der Waals surface area contributed by atoms with Gasteiger partial charge in [0.25, 0.3) is 0 Å². The van der Waals surface area contributed by atoms with Crippen molar-refractivity contribution in [1.82, 2.24) is 0 Å². The standard InChI is InChI=1S/C10H9BrF2O2S/c1-2-15-9(14)10(12,13)5-8(11)7-3-4-16-6-7/h3-6H,2H2,1H3/b8-5+. The Kier molecular flexibility index (Phi) is 4.61. The molecule has 0 aromatic carbocycles. The van der Waals surface area contributed by atoms with Crippen LogP contribution >= 0.6 is 27.3 Å². The number of carbonyl (C=O) groups is 1. The van der Waals surface area contributed by atoms with Crippen molar-refractivity contribution in [3.05, 3.63) is 28.5 Å². The van der Waals surface area contributed by atoms with E-state index in [1.54, 1.807) is 16.8 Å². The Balaban J connectivity index is 2.85. The molecule has 1 aromatic heterocycles. The van der Waals surface area contributed by atoms with Crippen LogP contribution in [-0.4, -0.2) is 18.5 Å². The topological polar surface area (TPSA) is 26.3 Å². The zero-order valence-electron chi connectivity index (χ0n) is 8.38. The predicted molar refractivity (Wildman–Crippen MR) is 62.8 cm³/mol. The smallest absolute Gasteiger partial charge is 0.381 e. The van der Waals surface area contributed by atoms with Gasteiger partial charge in [-0.3, -0.25) is 0 Å². The molecule has 1 heterocycles. The fraction of sp³-hybridized carbons (Fsp3) is 0.300. The van der Waals surface area contributed by atoms with Crippen molar-refractivity contribution in [2.45, 2.75) is 12.8 Å². The van der Waals surface area contributed by atoms with E-state index >= 15 is 0 Å². The Morgan fingerprint density at radius 1 is 1.69 bits per heavy atom. The summed E-state index contributed by atoms with van der Waals surface area (Å²) in [4.78, 5) is 10.9. The quantitative estimate of drug-likeness (QED) is 0.793. The van der Waals surface area contributed by atoms with Crippen molar-refractivity contribution in [3.8, 4) is 0 Å². The Labute approximate surface area is 104 Å². The minimum atomic E-state index is -3.61. The maximum atomic E-state index is 13.3. The van der Waals surface area contributed by atoms with Crippen molar-refractivity contribution >= 4 is 37.7 Å². The molecule has 0 fully saturated rings. The minimum Gasteiger partial charge on any atom is -0.461 e. The molecule has 16 heavy (non-hydrogen) atoms. The lowest BCUT2D eigenvalue weighted by Gasteiger charge is -2.10. The highest BCUT2D eigenvalue weighted by atomic mass is 79.9. The van der Waals surface area contributed by atoms with Crippen LogP contribution in [0.3, 0.4) is 0 Å². The first kappa shape index (κ1) is 13.3. The van der Waals surface area contributed by atoms with Crippen molar-refractivity contribution in [3.63, 3.8) is 0 Å². The third-order valence-electron chi connectivity index (χ3n) is 1.65. The average Bonchev–Trinajstić information content (AvgIpc) is 2.70. The Morgan fingerprint density at radius 2 is 2.38 bits per heavy atom. The van der Waals surface area contributed by atoms with E-state index in [9.17, 15) is 13.6 Å². The predicted octanol–water partition coefficient (Wildman–Crippen LogP) is 3.68. The third-order valence-corrected chi connectivity index (χ3v) is 3.02. The lowest BCUT2D eigenvalue weighted by atomic mass is 10.2. The normalized spacial score (nSPS) is 12.6. The molecule has 0 N–H and O–H groups in total. The molecule has 0 atom stereocenters. The van der Waals surface area contributed by atoms with Gasteiger partial charge in [-0.1, -0.05) is 15.9 Å². The van der Waals surface area contributed by atoms with Crippen molar-refractivity contribution in [2.24, 2.45) is 0 Å². The van der Waals surface area contributed by atoms with Crippen molar-refractivity contribution < 1.29 is 18.3 Å². The second kappa shape index (κ2) is 5.54. The molecule has 1 rings (SSSR count). The van der Waals surface area contributed by atoms with Crippen LogP contribution in [-0.2, 0) is 9.53 Å². The number of ether oxygens (including phenoxy) is 1. The molecule has 0 bridgehead atoms. The first-order valence-corrected chi connectivity index (χ1v) is 6.17. The molecule has 2 nitrogen and oxygen atoms in total. The molecule has 0 aliphatic heterocycles. The summed E-state index contributed by atoms with van der Waals surface area (Å²) in [7, 11) is 0. The lowest BCUT2D eigenvalue weighted by molar-refractivity contribution is -0.164. The second-order valence-corrected chi connectivity index (χ2v) is 4.48. The van der Waals surface area contributed by atoms with Gasteiger partial charge in [-0.05, 0) is 29.3 Å². The van der Waals surface area contributed by atoms with E-state index in [0.717, 1.165) is 0 Å². The largest absolute Gasteiger partial charge is 0.461 e. The summed E-state index contributed by atoms with van der Waals surface area (Å²) in [6, 6.07) is 1.67. The number of thiophene rings is 1. The summed E-state index contributed by atoms with van der Waals surface area (Å²) in [5.41, 5.74) is 0.606. The molecule has 6 heteroatoms. The fourth-order valence-electron chi connectivity index (χ4n) is 0.929. The number of halogens is 3. The van der Waals surface area contributed by atoms with Crippen molar-refractivity contribution in [1.29, 1.82) is 0 Å². The van der Waals surface area contributed by atoms with Crippen LogP contribution in [0.2, 0.25) is 0 Å². The number of hydrogen-bond acceptors (Lipinski definition) is 3. The summed E-state index contributed by atoms with van der Waals surface area (Å²) < 4.78 is 31.0. The summed E-state index contributed by atoms with van der Waals surface area (Å²) in [6.07, 6.45) is 0.549. The third kappa shape index (κ3) is 3.38. The second-order valence-electron chi connectivity index (χ2n) is 2.85. The van der Waals surface area contributed by atoms with Crippen LogP contribution in [0.4, 0.5) is 8.78 Å². The molecule has 0 unspecified atom stereocenters. The SMILES string of the molecule is CCOC(=O)C(F)(F)/C=C(/Br)c1ccsc1. The van der Waals surface area contributed by atoms with Gasteiger partial charge in [0.05, 0.1) is 6.61 Å². The summed E-state index contributed by atoms with van der Waals surface area (Å²) in [6.45, 7) is 1.41. The monoisotopic (exact) mass is 310 g/mol. The summed E-state index contributed by atoms with van der Waals surface area (Å²) >= 11 is 4.38. The zero-order chi connectivity index (χ0) is 12.2. The van der Waals surface area contributed by atoms with Gasteiger partial charge in [0, 0.05) is 10.6 Å². The van der Waals surface area contributed by atoms with Gasteiger partial charge in [-0.2, -0.15) is 20.1 Å². The van der Waals surface area contributed by atoms with Crippen LogP contribution in [0.1, 0.15) is 12.5 Å². The summed E-state index contributed by atoms with van der Waals surface area (Å²) in [5, 5.41) is 3.45. The number of carbonyl (C=O) groups excluding carboxylic acids is 1. The highest BCUT2D eigenvalue weighted by Crippen LogP contribution is 2.29. The lowest BCUT2D eigenvalue weighted by Crippen LogP contribution is -2.28. The van der Waals surface area contributed by atoms with Gasteiger partial charge in [0.2, 0.25) is 0 Å². The van der Waals surface area contributed by atoms with Crippen LogP contribution in [0.5, 0.6) is 0 Å². The van der Waals surface area contributed by atoms with Crippen LogP contribution < -0.4 is 0 Å². The maximum absolute atomic E-state index is 13.3. The molecule has 0 spiro atoms. The molecule has 1 aromatic rings. The Bertz CT molecular complexity index is 388. The molecule has 0 aliphatic rings. The molecule has 0 amide bonds. The van der Waals surface area contributed by atoms with E-state index in [1.807, 2.05) is 0 Å². The molecule has 0 aliphatic carbocycles. The number of rotatable bonds is 4. The maximum Gasteiger partial charge on any atom is 0.381 e. The molecular weight excluding hydrogens is 302 g/mol. The van der Waals surface area contributed by atoms with Crippen molar-refractivity contribution in [2.75, 3.05) is 6.61 Å². The highest BCUT2D eigenvalue weighted by Gasteiger charge is 2.38. The zero-order valence-corrected chi connectivity index (χ0v) is 10.8. The number of alkyl halides is 2. The fourth-order valence-corrected chi connectivity index (χ4v) is 2.27. The van der Waals surface area contributed by atoms with E-state index in [-0.39, 0.29) is 11.1 Å². The molecule has 0 saturated carbocycles. The van der Waals surface area contributed by atoms with Crippen LogP contribution in [0, 0.1) is 0 Å². The molecule has 0 saturated heterocycles. The van der Waals surface area contributed by atoms with Gasteiger partial charge in [0.1, 0.15) is 0 Å². The molecule has 88 valence electrons. The minimum absolute atomic E-state index is 0.0711. The summed E-state index contributed by atoms with van der Waals surface area (Å²) in [5.74, 6) is -5.15. The average molecular weight is 311 g/mol. The van der Waals surface area contributed by atoms with Gasteiger partial charge in [-0.15, -0.1) is 0 Å². The Morgan fingerprint density at radius 3 is 2.88 bits per heavy atom. The van der Waals surface area contributed by atoms with Crippen LogP contribution in [0.15, 0.2) is 22.9 Å². The van der Waals surface area contributed by atoms with Gasteiger partial charge < -0.3 is 4.74 Å². The highest BCUT2D eigenvalue weighted by molar-refractivity contribution is 9.15. The van der Waals surface area contributed by atoms with E-state index < -0.39 is 11.9 Å². The number of hydrogen-bond donors (Lipinski definition) is 0. The number of esters is 1. The van der Waals surface area contributed by atoms with E-state index in [0.29, 0.717) is 11.6 Å². The van der Waals surface area contributed by atoms with Gasteiger partial charge >= 0.3 is 11.9 Å². The van der Waals surface area contributed by atoms with Gasteiger partial charge in [-0.25, -0.2) is 4.79 Å². The van der Waals surface area contributed by atoms with E-state index in [4.69, 9.17) is 0 Å².